The van der Waals surface area contributed by atoms with Gasteiger partial charge in [0, 0.05) is 12.5 Å². The number of halogens is 2. The minimum atomic E-state index is -3.87. The molecule has 3 rings (SSSR count). The van der Waals surface area contributed by atoms with Gasteiger partial charge < -0.3 is 15.4 Å². The largest absolute Gasteiger partial charge is 0.482 e. The summed E-state index contributed by atoms with van der Waals surface area (Å²) in [5.74, 6) is -1.19. The van der Waals surface area contributed by atoms with Crippen molar-refractivity contribution in [2.75, 3.05) is 17.2 Å². The lowest BCUT2D eigenvalue weighted by Crippen LogP contribution is -2.27. The maximum Gasteiger partial charge on any atom is 0.262 e. The van der Waals surface area contributed by atoms with Crippen LogP contribution >= 0.6 is 11.6 Å². The molecule has 10 heteroatoms. The third-order valence-electron chi connectivity index (χ3n) is 4.42. The summed E-state index contributed by atoms with van der Waals surface area (Å²) in [7, 11) is -3.87. The summed E-state index contributed by atoms with van der Waals surface area (Å²) < 4.78 is 44.4. The second-order valence-electron chi connectivity index (χ2n) is 6.68. The SMILES string of the molecule is Cc1cc2c(cc1S(=O)(=O)[C@H](C)CC(=O)Nc1ccc(F)cc1Cl)OCC(=O)N2. The lowest BCUT2D eigenvalue weighted by Gasteiger charge is -2.21. The Morgan fingerprint density at radius 2 is 2.07 bits per heavy atom. The Kier molecular flexibility index (Phi) is 5.81. The summed E-state index contributed by atoms with van der Waals surface area (Å²) in [6.07, 6.45) is -0.329. The number of sulfone groups is 1. The third kappa shape index (κ3) is 4.51. The van der Waals surface area contributed by atoms with Crippen LogP contribution < -0.4 is 15.4 Å². The molecule has 1 aliphatic heterocycles. The van der Waals surface area contributed by atoms with Crippen LogP contribution in [0.5, 0.6) is 5.75 Å². The quantitative estimate of drug-likeness (QED) is 0.742. The van der Waals surface area contributed by atoms with Gasteiger partial charge in [0.2, 0.25) is 5.91 Å². The average Bonchev–Trinajstić information content (AvgIpc) is 2.63. The Bertz CT molecular complexity index is 1100. The van der Waals surface area contributed by atoms with E-state index in [0.29, 0.717) is 11.3 Å². The van der Waals surface area contributed by atoms with Gasteiger partial charge >= 0.3 is 0 Å². The lowest BCUT2D eigenvalue weighted by molar-refractivity contribution is -0.118. The number of hydrogen-bond acceptors (Lipinski definition) is 5. The molecule has 2 aromatic carbocycles. The fourth-order valence-corrected chi connectivity index (χ4v) is 4.70. The zero-order valence-corrected chi connectivity index (χ0v) is 17.2. The normalized spacial score (nSPS) is 14.4. The number of carbonyl (C=O) groups excluding carboxylic acids is 2. The number of carbonyl (C=O) groups is 2. The molecule has 1 heterocycles. The molecule has 0 bridgehead atoms. The van der Waals surface area contributed by atoms with Gasteiger partial charge in [-0.05, 0) is 43.7 Å². The maximum atomic E-state index is 13.1. The Hall–Kier alpha value is -2.65. The summed E-state index contributed by atoms with van der Waals surface area (Å²) in [6, 6.07) is 6.35. The molecular formula is C19H18ClFN2O5S. The Morgan fingerprint density at radius 3 is 2.76 bits per heavy atom. The Balaban J connectivity index is 1.78. The lowest BCUT2D eigenvalue weighted by atomic mass is 10.2. The average molecular weight is 441 g/mol. The number of rotatable bonds is 5. The topological polar surface area (TPSA) is 102 Å². The first kappa shape index (κ1) is 21.1. The van der Waals surface area contributed by atoms with E-state index in [9.17, 15) is 22.4 Å². The molecule has 0 spiro atoms. The van der Waals surface area contributed by atoms with Crippen LogP contribution in [0.25, 0.3) is 0 Å². The molecular weight excluding hydrogens is 423 g/mol. The van der Waals surface area contributed by atoms with E-state index in [1.807, 2.05) is 0 Å². The molecule has 0 unspecified atom stereocenters. The van der Waals surface area contributed by atoms with E-state index in [0.717, 1.165) is 12.1 Å². The van der Waals surface area contributed by atoms with Crippen molar-refractivity contribution < 1.29 is 27.1 Å². The summed E-state index contributed by atoms with van der Waals surface area (Å²) in [6.45, 7) is 2.81. The number of ether oxygens (including phenoxy) is 1. The van der Waals surface area contributed by atoms with Crippen LogP contribution in [0.1, 0.15) is 18.9 Å². The van der Waals surface area contributed by atoms with Crippen LogP contribution in [0.15, 0.2) is 35.2 Å². The molecule has 7 nitrogen and oxygen atoms in total. The number of aryl methyl sites for hydroxylation is 1. The Labute approximate surface area is 172 Å². The van der Waals surface area contributed by atoms with E-state index in [2.05, 4.69) is 10.6 Å². The van der Waals surface area contributed by atoms with Gasteiger partial charge in [0.25, 0.3) is 5.91 Å². The van der Waals surface area contributed by atoms with Gasteiger partial charge in [0.05, 0.1) is 26.5 Å². The summed E-state index contributed by atoms with van der Waals surface area (Å²) >= 11 is 5.88. The number of fused-ring (bicyclic) bond motifs is 1. The molecule has 0 radical (unpaired) electrons. The molecule has 1 atom stereocenters. The van der Waals surface area contributed by atoms with Crippen molar-refractivity contribution in [3.63, 3.8) is 0 Å². The summed E-state index contributed by atoms with van der Waals surface area (Å²) in [4.78, 5) is 23.7. The summed E-state index contributed by atoms with van der Waals surface area (Å²) in [5.41, 5.74) is 1.01. The van der Waals surface area contributed by atoms with E-state index in [-0.39, 0.29) is 40.3 Å². The molecule has 2 aromatic rings. The van der Waals surface area contributed by atoms with Crippen LogP contribution in [-0.2, 0) is 19.4 Å². The maximum absolute atomic E-state index is 13.1. The highest BCUT2D eigenvalue weighted by atomic mass is 35.5. The van der Waals surface area contributed by atoms with E-state index < -0.39 is 26.8 Å². The van der Waals surface area contributed by atoms with Gasteiger partial charge in [-0.25, -0.2) is 12.8 Å². The van der Waals surface area contributed by atoms with E-state index in [1.54, 1.807) is 6.92 Å². The van der Waals surface area contributed by atoms with Crippen LogP contribution in [0, 0.1) is 12.7 Å². The van der Waals surface area contributed by atoms with Gasteiger partial charge in [0.1, 0.15) is 11.6 Å². The second-order valence-corrected chi connectivity index (χ2v) is 9.42. The predicted octanol–water partition coefficient (Wildman–Crippen LogP) is 3.31. The molecule has 0 fully saturated rings. The van der Waals surface area contributed by atoms with Crippen LogP contribution in [0.2, 0.25) is 5.02 Å². The fraction of sp³-hybridized carbons (Fsp3) is 0.263. The molecule has 2 N–H and O–H groups in total. The van der Waals surface area contributed by atoms with Gasteiger partial charge in [-0.1, -0.05) is 11.6 Å². The zero-order chi connectivity index (χ0) is 21.3. The number of nitrogens with one attached hydrogen (secondary N) is 2. The van der Waals surface area contributed by atoms with Crippen LogP contribution in [0.4, 0.5) is 15.8 Å². The highest BCUT2D eigenvalue weighted by Gasteiger charge is 2.29. The molecule has 0 saturated heterocycles. The van der Waals surface area contributed by atoms with Gasteiger partial charge in [0.15, 0.2) is 16.4 Å². The first-order valence-corrected chi connectivity index (χ1v) is 10.6. The molecule has 29 heavy (non-hydrogen) atoms. The van der Waals surface area contributed by atoms with Gasteiger partial charge in [-0.3, -0.25) is 9.59 Å². The van der Waals surface area contributed by atoms with Gasteiger partial charge in [-0.15, -0.1) is 0 Å². The van der Waals surface area contributed by atoms with E-state index >= 15 is 0 Å². The molecule has 0 saturated carbocycles. The van der Waals surface area contributed by atoms with Crippen molar-refractivity contribution in [3.05, 3.63) is 46.7 Å². The molecule has 2 amide bonds. The predicted molar refractivity (Wildman–Crippen MR) is 107 cm³/mol. The second kappa shape index (κ2) is 8.00. The number of amides is 2. The third-order valence-corrected chi connectivity index (χ3v) is 7.02. The minimum absolute atomic E-state index is 0.0126. The highest BCUT2D eigenvalue weighted by Crippen LogP contribution is 2.34. The van der Waals surface area contributed by atoms with Crippen molar-refractivity contribution in [2.24, 2.45) is 0 Å². The van der Waals surface area contributed by atoms with Crippen LogP contribution in [0.3, 0.4) is 0 Å². The van der Waals surface area contributed by atoms with Crippen molar-refractivity contribution in [3.8, 4) is 5.75 Å². The first-order valence-electron chi connectivity index (χ1n) is 8.64. The molecule has 0 aliphatic carbocycles. The van der Waals surface area contributed by atoms with Crippen LogP contribution in [-0.4, -0.2) is 32.1 Å². The zero-order valence-electron chi connectivity index (χ0n) is 15.6. The smallest absolute Gasteiger partial charge is 0.262 e. The number of benzene rings is 2. The van der Waals surface area contributed by atoms with Crippen molar-refractivity contribution in [2.45, 2.75) is 30.4 Å². The standard InChI is InChI=1S/C19H18ClFN2O5S/c1-10-5-15-16(28-9-19(25)23-15)8-17(10)29(26,27)11(2)6-18(24)22-14-4-3-12(21)7-13(14)20/h3-5,7-8,11H,6,9H2,1-2H3,(H,22,24)(H,23,25)/t11-/m1/s1. The molecule has 0 aromatic heterocycles. The van der Waals surface area contributed by atoms with E-state index in [1.165, 1.54) is 25.1 Å². The monoisotopic (exact) mass is 440 g/mol. The number of anilines is 2. The Morgan fingerprint density at radius 1 is 1.34 bits per heavy atom. The molecule has 154 valence electrons. The van der Waals surface area contributed by atoms with Crippen molar-refractivity contribution >= 4 is 44.6 Å². The number of hydrogen-bond donors (Lipinski definition) is 2. The molecule has 1 aliphatic rings. The van der Waals surface area contributed by atoms with Crippen molar-refractivity contribution in [1.82, 2.24) is 0 Å². The van der Waals surface area contributed by atoms with Crippen molar-refractivity contribution in [1.29, 1.82) is 0 Å². The summed E-state index contributed by atoms with van der Waals surface area (Å²) in [5, 5.41) is 4.07. The van der Waals surface area contributed by atoms with Gasteiger partial charge in [-0.2, -0.15) is 0 Å². The fourth-order valence-electron chi connectivity index (χ4n) is 2.90. The first-order chi connectivity index (χ1) is 13.6. The highest BCUT2D eigenvalue weighted by molar-refractivity contribution is 7.92. The van der Waals surface area contributed by atoms with E-state index in [4.69, 9.17) is 16.3 Å². The minimum Gasteiger partial charge on any atom is -0.482 e.